The maximum absolute atomic E-state index is 12.5. The summed E-state index contributed by atoms with van der Waals surface area (Å²) in [6.07, 6.45) is 11.0. The molecule has 0 saturated heterocycles. The largest absolute Gasteiger partial charge is 0.290 e. The summed E-state index contributed by atoms with van der Waals surface area (Å²) in [5.74, 6) is 0.371. The average Bonchev–Trinajstić information content (AvgIpc) is 2.46. The third-order valence-corrected chi connectivity index (χ3v) is 6.96. The van der Waals surface area contributed by atoms with Gasteiger partial charge in [0.05, 0.1) is 0 Å². The highest BCUT2D eigenvalue weighted by Gasteiger charge is 2.59. The van der Waals surface area contributed by atoms with Crippen LogP contribution in [0.5, 0.6) is 0 Å². The topological polar surface area (TPSA) is 34.1 Å². The van der Waals surface area contributed by atoms with Crippen LogP contribution in [0, 0.1) is 28.1 Å². The zero-order valence-electron chi connectivity index (χ0n) is 13.4. The Kier molecular flexibility index (Phi) is 3.10. The zero-order chi connectivity index (χ0) is 15.5. The first-order valence-corrected chi connectivity index (χ1v) is 8.16. The van der Waals surface area contributed by atoms with Gasteiger partial charge in [0.1, 0.15) is 0 Å². The Hall–Kier alpha value is -1.18. The fraction of sp³-hybridized carbons (Fsp3) is 0.684. The molecule has 0 aliphatic heterocycles. The predicted octanol–water partition coefficient (Wildman–Crippen LogP) is 4.11. The lowest BCUT2D eigenvalue weighted by Gasteiger charge is -2.59. The van der Waals surface area contributed by atoms with E-state index in [1.54, 1.807) is 0 Å². The molecular formula is C19H26O2. The normalized spacial score (nSPS) is 49.5. The van der Waals surface area contributed by atoms with Crippen molar-refractivity contribution in [1.29, 1.82) is 0 Å². The van der Waals surface area contributed by atoms with Crippen LogP contribution in [0.2, 0.25) is 0 Å². The van der Waals surface area contributed by atoms with Gasteiger partial charge >= 0.3 is 0 Å². The van der Waals surface area contributed by atoms with Gasteiger partial charge in [0.2, 0.25) is 11.6 Å². The van der Waals surface area contributed by atoms with E-state index in [0.29, 0.717) is 5.92 Å². The molecule has 2 heteroatoms. The Morgan fingerprint density at radius 2 is 1.90 bits per heavy atom. The summed E-state index contributed by atoms with van der Waals surface area (Å²) in [6.45, 7) is 10.7. The monoisotopic (exact) mass is 286 g/mol. The predicted molar refractivity (Wildman–Crippen MR) is 83.7 cm³/mol. The summed E-state index contributed by atoms with van der Waals surface area (Å²) in [4.78, 5) is 24.3. The standard InChI is InChI=1S/C19H26O2/c1-5-17(2)10-11-18(3)13(12-17)8-9-19(4)15(18)7-6-14(20)16(19)21/h5-7,13,15H,1,8-12H2,2-4H3. The molecule has 0 amide bonds. The van der Waals surface area contributed by atoms with Crippen LogP contribution in [-0.2, 0) is 9.59 Å². The summed E-state index contributed by atoms with van der Waals surface area (Å²) in [5, 5.41) is 0. The van der Waals surface area contributed by atoms with E-state index < -0.39 is 5.41 Å². The highest BCUT2D eigenvalue weighted by molar-refractivity contribution is 6.44. The molecule has 21 heavy (non-hydrogen) atoms. The summed E-state index contributed by atoms with van der Waals surface area (Å²) < 4.78 is 0. The lowest BCUT2D eigenvalue weighted by molar-refractivity contribution is -0.152. The van der Waals surface area contributed by atoms with Crippen LogP contribution in [0.15, 0.2) is 24.8 Å². The summed E-state index contributed by atoms with van der Waals surface area (Å²) in [5.41, 5.74) is -0.0997. The third-order valence-electron chi connectivity index (χ3n) is 6.96. The van der Waals surface area contributed by atoms with Gasteiger partial charge in [0.15, 0.2) is 0 Å². The van der Waals surface area contributed by atoms with E-state index in [4.69, 9.17) is 0 Å². The zero-order valence-corrected chi connectivity index (χ0v) is 13.4. The van der Waals surface area contributed by atoms with Crippen molar-refractivity contribution < 1.29 is 9.59 Å². The van der Waals surface area contributed by atoms with Gasteiger partial charge in [0.25, 0.3) is 0 Å². The second-order valence-electron chi connectivity index (χ2n) is 8.25. The summed E-state index contributed by atoms with van der Waals surface area (Å²) >= 11 is 0. The molecule has 3 rings (SSSR count). The van der Waals surface area contributed by atoms with Gasteiger partial charge < -0.3 is 0 Å². The van der Waals surface area contributed by atoms with E-state index in [2.05, 4.69) is 26.5 Å². The van der Waals surface area contributed by atoms with Gasteiger partial charge in [0, 0.05) is 5.41 Å². The van der Waals surface area contributed by atoms with Crippen LogP contribution >= 0.6 is 0 Å². The number of carbonyl (C=O) groups is 2. The molecule has 0 spiro atoms. The molecule has 2 nitrogen and oxygen atoms in total. The molecule has 3 aliphatic rings. The number of carbonyl (C=O) groups excluding carboxylic acids is 2. The van der Waals surface area contributed by atoms with Gasteiger partial charge in [-0.25, -0.2) is 0 Å². The Labute approximate surface area is 127 Å². The maximum atomic E-state index is 12.5. The summed E-state index contributed by atoms with van der Waals surface area (Å²) in [6, 6.07) is 0. The molecule has 2 saturated carbocycles. The molecule has 0 radical (unpaired) electrons. The van der Waals surface area contributed by atoms with Crippen molar-refractivity contribution >= 4 is 11.6 Å². The van der Waals surface area contributed by atoms with Gasteiger partial charge in [-0.15, -0.1) is 6.58 Å². The van der Waals surface area contributed by atoms with Gasteiger partial charge in [-0.1, -0.05) is 32.9 Å². The fourth-order valence-electron chi connectivity index (χ4n) is 5.27. The van der Waals surface area contributed by atoms with Crippen LogP contribution in [0.25, 0.3) is 0 Å². The van der Waals surface area contributed by atoms with Crippen LogP contribution in [-0.4, -0.2) is 11.6 Å². The highest BCUT2D eigenvalue weighted by Crippen LogP contribution is 2.63. The molecule has 0 N–H and O–H groups in total. The second-order valence-corrected chi connectivity index (χ2v) is 8.25. The lowest BCUT2D eigenvalue weighted by atomic mass is 9.44. The molecule has 0 aromatic rings. The highest BCUT2D eigenvalue weighted by atomic mass is 16.2. The van der Waals surface area contributed by atoms with Crippen molar-refractivity contribution in [3.05, 3.63) is 24.8 Å². The Morgan fingerprint density at radius 3 is 2.57 bits per heavy atom. The lowest BCUT2D eigenvalue weighted by Crippen LogP contribution is -2.56. The quantitative estimate of drug-likeness (QED) is 0.537. The van der Waals surface area contributed by atoms with E-state index in [1.165, 1.54) is 6.08 Å². The minimum absolute atomic E-state index is 0.141. The minimum atomic E-state index is -0.473. The number of fused-ring (bicyclic) bond motifs is 3. The SMILES string of the molecule is C=CC1(C)CCC2(C)C(CCC3(C)C(=O)C(=O)C=CC32)C1. The Balaban J connectivity index is 1.99. The number of ketones is 2. The van der Waals surface area contributed by atoms with E-state index in [9.17, 15) is 9.59 Å². The molecular weight excluding hydrogens is 260 g/mol. The molecule has 0 aromatic carbocycles. The summed E-state index contributed by atoms with van der Waals surface area (Å²) in [7, 11) is 0. The first-order chi connectivity index (χ1) is 9.75. The van der Waals surface area contributed by atoms with Crippen molar-refractivity contribution in [2.45, 2.75) is 52.9 Å². The van der Waals surface area contributed by atoms with E-state index in [1.807, 2.05) is 13.0 Å². The minimum Gasteiger partial charge on any atom is -0.290 e. The number of hydrogen-bond acceptors (Lipinski definition) is 2. The Morgan fingerprint density at radius 1 is 1.19 bits per heavy atom. The maximum Gasteiger partial charge on any atom is 0.221 e. The van der Waals surface area contributed by atoms with Crippen molar-refractivity contribution in [2.75, 3.05) is 0 Å². The fourth-order valence-corrected chi connectivity index (χ4v) is 5.27. The van der Waals surface area contributed by atoms with E-state index in [0.717, 1.165) is 32.1 Å². The van der Waals surface area contributed by atoms with Crippen molar-refractivity contribution in [3.8, 4) is 0 Å². The van der Waals surface area contributed by atoms with E-state index in [-0.39, 0.29) is 28.3 Å². The van der Waals surface area contributed by atoms with Gasteiger partial charge in [-0.3, -0.25) is 9.59 Å². The third kappa shape index (κ3) is 1.91. The van der Waals surface area contributed by atoms with Crippen LogP contribution in [0.4, 0.5) is 0 Å². The molecule has 0 bridgehead atoms. The van der Waals surface area contributed by atoms with Crippen LogP contribution < -0.4 is 0 Å². The van der Waals surface area contributed by atoms with Crippen LogP contribution in [0.1, 0.15) is 52.9 Å². The molecule has 5 unspecified atom stereocenters. The number of rotatable bonds is 1. The van der Waals surface area contributed by atoms with Crippen molar-refractivity contribution in [3.63, 3.8) is 0 Å². The van der Waals surface area contributed by atoms with Gasteiger partial charge in [-0.2, -0.15) is 0 Å². The second kappa shape index (κ2) is 4.41. The molecule has 0 aromatic heterocycles. The number of allylic oxidation sites excluding steroid dienone is 3. The molecule has 0 heterocycles. The Bertz CT molecular complexity index is 546. The first kappa shape index (κ1) is 14.7. The number of hydrogen-bond donors (Lipinski definition) is 0. The van der Waals surface area contributed by atoms with Gasteiger partial charge in [-0.05, 0) is 60.8 Å². The molecule has 3 aliphatic carbocycles. The average molecular weight is 286 g/mol. The molecule has 114 valence electrons. The van der Waals surface area contributed by atoms with E-state index >= 15 is 0 Å². The smallest absolute Gasteiger partial charge is 0.221 e. The molecule has 2 fully saturated rings. The first-order valence-electron chi connectivity index (χ1n) is 8.16. The number of Topliss-reactive ketones (excluding diaryl/α,β-unsaturated/α-hetero) is 1. The van der Waals surface area contributed by atoms with Crippen molar-refractivity contribution in [1.82, 2.24) is 0 Å². The molecule has 5 atom stereocenters. The van der Waals surface area contributed by atoms with Crippen molar-refractivity contribution in [2.24, 2.45) is 28.1 Å². The van der Waals surface area contributed by atoms with Crippen LogP contribution in [0.3, 0.4) is 0 Å².